The molecule has 0 unspecified atom stereocenters. The summed E-state index contributed by atoms with van der Waals surface area (Å²) in [6.07, 6.45) is 1.59. The van der Waals surface area contributed by atoms with E-state index in [0.29, 0.717) is 24.2 Å². The van der Waals surface area contributed by atoms with Crippen molar-refractivity contribution in [3.8, 4) is 0 Å². The van der Waals surface area contributed by atoms with Crippen LogP contribution < -0.4 is 9.62 Å². The molecule has 3 rings (SSSR count). The highest BCUT2D eigenvalue weighted by Crippen LogP contribution is 2.24. The molecule has 1 fully saturated rings. The van der Waals surface area contributed by atoms with Gasteiger partial charge in [0, 0.05) is 17.8 Å². The lowest BCUT2D eigenvalue weighted by Gasteiger charge is -2.17. The number of carbonyl (C=O) groups is 1. The molecule has 1 saturated heterocycles. The third-order valence-electron chi connectivity index (χ3n) is 4.14. The van der Waals surface area contributed by atoms with Gasteiger partial charge in [-0.3, -0.25) is 9.10 Å². The van der Waals surface area contributed by atoms with Crippen LogP contribution in [0.1, 0.15) is 29.3 Å². The maximum atomic E-state index is 12.3. The van der Waals surface area contributed by atoms with Crippen molar-refractivity contribution in [3.63, 3.8) is 0 Å². The van der Waals surface area contributed by atoms with Crippen LogP contribution in [0.2, 0.25) is 0 Å². The van der Waals surface area contributed by atoms with Crippen LogP contribution in [-0.2, 0) is 16.4 Å². The summed E-state index contributed by atoms with van der Waals surface area (Å²) in [6, 6.07) is 14.4. The maximum absolute atomic E-state index is 12.3. The molecule has 0 atom stereocenters. The van der Waals surface area contributed by atoms with Crippen LogP contribution in [-0.4, -0.2) is 26.6 Å². The molecule has 1 heterocycles. The molecule has 0 radical (unpaired) electrons. The molecule has 2 aromatic rings. The van der Waals surface area contributed by atoms with E-state index in [2.05, 4.69) is 12.2 Å². The molecule has 0 aliphatic carbocycles. The summed E-state index contributed by atoms with van der Waals surface area (Å²) in [4.78, 5) is 12.3. The topological polar surface area (TPSA) is 66.5 Å². The Labute approximate surface area is 142 Å². The Hall–Kier alpha value is -2.34. The van der Waals surface area contributed by atoms with Gasteiger partial charge in [0.05, 0.1) is 11.4 Å². The summed E-state index contributed by atoms with van der Waals surface area (Å²) in [5.41, 5.74) is 3.05. The Bertz CT molecular complexity index is 828. The van der Waals surface area contributed by atoms with Crippen LogP contribution in [0.25, 0.3) is 0 Å². The predicted molar refractivity (Wildman–Crippen MR) is 96.0 cm³/mol. The molecule has 126 valence electrons. The van der Waals surface area contributed by atoms with Crippen molar-refractivity contribution >= 4 is 27.3 Å². The van der Waals surface area contributed by atoms with Gasteiger partial charge in [0.2, 0.25) is 10.0 Å². The second kappa shape index (κ2) is 6.65. The number of hydrogen-bond donors (Lipinski definition) is 1. The second-order valence-electron chi connectivity index (χ2n) is 5.79. The molecule has 0 spiro atoms. The van der Waals surface area contributed by atoms with E-state index < -0.39 is 10.0 Å². The monoisotopic (exact) mass is 344 g/mol. The van der Waals surface area contributed by atoms with Crippen molar-refractivity contribution < 1.29 is 13.2 Å². The first-order valence-corrected chi connectivity index (χ1v) is 9.61. The number of hydrogen-bond acceptors (Lipinski definition) is 3. The summed E-state index contributed by atoms with van der Waals surface area (Å²) in [5.74, 6) is -0.0294. The number of aryl methyl sites for hydroxylation is 1. The van der Waals surface area contributed by atoms with Crippen molar-refractivity contribution in [2.45, 2.75) is 19.8 Å². The zero-order valence-corrected chi connectivity index (χ0v) is 14.3. The van der Waals surface area contributed by atoms with Crippen LogP contribution in [0.3, 0.4) is 0 Å². The Balaban J connectivity index is 1.71. The van der Waals surface area contributed by atoms with Gasteiger partial charge in [-0.25, -0.2) is 8.42 Å². The first-order valence-electron chi connectivity index (χ1n) is 8.00. The van der Waals surface area contributed by atoms with Gasteiger partial charge in [-0.1, -0.05) is 19.1 Å². The number of benzene rings is 2. The molecular weight excluding hydrogens is 324 g/mol. The number of sulfonamides is 1. The number of anilines is 2. The van der Waals surface area contributed by atoms with Gasteiger partial charge in [0.25, 0.3) is 5.91 Å². The molecule has 2 aromatic carbocycles. The van der Waals surface area contributed by atoms with Crippen LogP contribution in [0.4, 0.5) is 11.4 Å². The molecule has 1 aliphatic heterocycles. The fourth-order valence-electron chi connectivity index (χ4n) is 2.74. The van der Waals surface area contributed by atoms with Gasteiger partial charge in [0.1, 0.15) is 0 Å². The maximum Gasteiger partial charge on any atom is 0.255 e. The lowest BCUT2D eigenvalue weighted by atomic mass is 10.1. The minimum absolute atomic E-state index is 0.184. The van der Waals surface area contributed by atoms with Crippen LogP contribution >= 0.6 is 0 Å². The third-order valence-corrected chi connectivity index (χ3v) is 6.01. The van der Waals surface area contributed by atoms with E-state index in [1.807, 2.05) is 24.3 Å². The largest absolute Gasteiger partial charge is 0.322 e. The van der Waals surface area contributed by atoms with E-state index in [1.54, 1.807) is 24.3 Å². The van der Waals surface area contributed by atoms with Crippen LogP contribution in [0.15, 0.2) is 48.5 Å². The normalized spacial score (nSPS) is 16.1. The predicted octanol–water partition coefficient (Wildman–Crippen LogP) is 3.04. The highest BCUT2D eigenvalue weighted by Gasteiger charge is 2.28. The number of nitrogens with zero attached hydrogens (tertiary/aromatic N) is 1. The van der Waals surface area contributed by atoms with E-state index in [-0.39, 0.29) is 11.7 Å². The Kier molecular flexibility index (Phi) is 4.57. The molecule has 1 N–H and O–H groups in total. The second-order valence-corrected chi connectivity index (χ2v) is 7.81. The standard InChI is InChI=1S/C18H20N2O3S/c1-2-14-4-8-16(9-5-14)19-18(21)15-6-10-17(11-7-15)20-12-3-13-24(20,22)23/h4-11H,2-3,12-13H2,1H3,(H,19,21). The number of carbonyl (C=O) groups excluding carboxylic acids is 1. The summed E-state index contributed by atoms with van der Waals surface area (Å²) in [7, 11) is -3.20. The summed E-state index contributed by atoms with van der Waals surface area (Å²) >= 11 is 0. The molecule has 6 heteroatoms. The van der Waals surface area contributed by atoms with Gasteiger partial charge >= 0.3 is 0 Å². The molecule has 24 heavy (non-hydrogen) atoms. The van der Waals surface area contributed by atoms with Crippen molar-refractivity contribution in [1.82, 2.24) is 0 Å². The minimum Gasteiger partial charge on any atom is -0.322 e. The summed E-state index contributed by atoms with van der Waals surface area (Å²) in [6.45, 7) is 2.58. The lowest BCUT2D eigenvalue weighted by Crippen LogP contribution is -2.25. The Morgan fingerprint density at radius 2 is 1.75 bits per heavy atom. The zero-order valence-electron chi connectivity index (χ0n) is 13.5. The third kappa shape index (κ3) is 3.43. The van der Waals surface area contributed by atoms with Crippen LogP contribution in [0, 0.1) is 0 Å². The summed E-state index contributed by atoms with van der Waals surface area (Å²) < 4.78 is 25.2. The zero-order chi connectivity index (χ0) is 17.2. The molecule has 5 nitrogen and oxygen atoms in total. The first kappa shape index (κ1) is 16.5. The quantitative estimate of drug-likeness (QED) is 0.927. The molecule has 1 aliphatic rings. The summed E-state index contributed by atoms with van der Waals surface area (Å²) in [5, 5.41) is 2.84. The molecule has 0 aromatic heterocycles. The smallest absolute Gasteiger partial charge is 0.255 e. The first-order chi connectivity index (χ1) is 11.5. The minimum atomic E-state index is -3.20. The number of amides is 1. The van der Waals surface area contributed by atoms with Gasteiger partial charge in [-0.2, -0.15) is 0 Å². The van der Waals surface area contributed by atoms with Crippen molar-refractivity contribution in [3.05, 3.63) is 59.7 Å². The molecule has 0 saturated carbocycles. The fourth-order valence-corrected chi connectivity index (χ4v) is 4.30. The van der Waals surface area contributed by atoms with E-state index >= 15 is 0 Å². The molecular formula is C18H20N2O3S. The van der Waals surface area contributed by atoms with E-state index in [0.717, 1.165) is 12.1 Å². The van der Waals surface area contributed by atoms with Crippen molar-refractivity contribution in [2.24, 2.45) is 0 Å². The van der Waals surface area contributed by atoms with Gasteiger partial charge in [-0.15, -0.1) is 0 Å². The Morgan fingerprint density at radius 3 is 2.29 bits per heavy atom. The highest BCUT2D eigenvalue weighted by atomic mass is 32.2. The van der Waals surface area contributed by atoms with Crippen molar-refractivity contribution in [2.75, 3.05) is 21.9 Å². The SMILES string of the molecule is CCc1ccc(NC(=O)c2ccc(N3CCCS3(=O)=O)cc2)cc1. The van der Waals surface area contributed by atoms with E-state index in [1.165, 1.54) is 9.87 Å². The van der Waals surface area contributed by atoms with Crippen LogP contribution in [0.5, 0.6) is 0 Å². The number of nitrogens with one attached hydrogen (secondary N) is 1. The van der Waals surface area contributed by atoms with Gasteiger partial charge in [-0.05, 0) is 54.8 Å². The van der Waals surface area contributed by atoms with Gasteiger partial charge in [0.15, 0.2) is 0 Å². The average molecular weight is 344 g/mol. The van der Waals surface area contributed by atoms with Crippen molar-refractivity contribution in [1.29, 1.82) is 0 Å². The molecule has 0 bridgehead atoms. The lowest BCUT2D eigenvalue weighted by molar-refractivity contribution is 0.102. The molecule has 1 amide bonds. The van der Waals surface area contributed by atoms with Gasteiger partial charge < -0.3 is 5.32 Å². The average Bonchev–Trinajstić information content (AvgIpc) is 2.95. The fraction of sp³-hybridized carbons (Fsp3) is 0.278. The highest BCUT2D eigenvalue weighted by molar-refractivity contribution is 7.93. The number of rotatable bonds is 4. The van der Waals surface area contributed by atoms with E-state index in [9.17, 15) is 13.2 Å². The van der Waals surface area contributed by atoms with E-state index in [4.69, 9.17) is 0 Å². The Morgan fingerprint density at radius 1 is 1.08 bits per heavy atom.